The highest BCUT2D eigenvalue weighted by molar-refractivity contribution is 5.76. The van der Waals surface area contributed by atoms with E-state index in [0.29, 0.717) is 31.6 Å². The number of rotatable bonds is 4. The van der Waals surface area contributed by atoms with Gasteiger partial charge < -0.3 is 10.6 Å². The second-order valence-corrected chi connectivity index (χ2v) is 5.14. The molecule has 2 rings (SSSR count). The van der Waals surface area contributed by atoms with Gasteiger partial charge in [-0.3, -0.25) is 9.69 Å². The fourth-order valence-corrected chi connectivity index (χ4v) is 2.53. The van der Waals surface area contributed by atoms with E-state index in [1.807, 2.05) is 17.0 Å². The predicted molar refractivity (Wildman–Crippen MR) is 76.5 cm³/mol. The van der Waals surface area contributed by atoms with E-state index in [9.17, 15) is 9.18 Å². The second kappa shape index (κ2) is 7.36. The van der Waals surface area contributed by atoms with E-state index in [-0.39, 0.29) is 11.7 Å². The second-order valence-electron chi connectivity index (χ2n) is 5.14. The van der Waals surface area contributed by atoms with Crippen LogP contribution in [0.15, 0.2) is 24.3 Å². The molecule has 1 saturated heterocycles. The van der Waals surface area contributed by atoms with Crippen LogP contribution >= 0.6 is 0 Å². The highest BCUT2D eigenvalue weighted by Crippen LogP contribution is 2.12. The Hall–Kier alpha value is -1.46. The van der Waals surface area contributed by atoms with Gasteiger partial charge in [0.2, 0.25) is 5.91 Å². The Morgan fingerprint density at radius 2 is 2.00 bits per heavy atom. The smallest absolute Gasteiger partial charge is 0.223 e. The minimum atomic E-state index is -0.159. The van der Waals surface area contributed by atoms with Gasteiger partial charge in [0.05, 0.1) is 0 Å². The Balaban J connectivity index is 1.90. The molecule has 0 saturated carbocycles. The highest BCUT2D eigenvalue weighted by atomic mass is 19.1. The van der Waals surface area contributed by atoms with Crippen LogP contribution < -0.4 is 5.73 Å². The van der Waals surface area contributed by atoms with Crippen LogP contribution in [-0.4, -0.2) is 48.4 Å². The van der Waals surface area contributed by atoms with Gasteiger partial charge in [-0.2, -0.15) is 0 Å². The lowest BCUT2D eigenvalue weighted by Gasteiger charge is -2.22. The van der Waals surface area contributed by atoms with Gasteiger partial charge in [-0.1, -0.05) is 18.2 Å². The molecule has 0 bridgehead atoms. The molecule has 1 aromatic rings. The molecule has 2 N–H and O–H groups in total. The van der Waals surface area contributed by atoms with Crippen LogP contribution in [0.2, 0.25) is 0 Å². The minimum Gasteiger partial charge on any atom is -0.341 e. The van der Waals surface area contributed by atoms with E-state index in [2.05, 4.69) is 4.90 Å². The average molecular weight is 279 g/mol. The van der Waals surface area contributed by atoms with Crippen molar-refractivity contribution in [2.45, 2.75) is 19.4 Å². The first-order chi connectivity index (χ1) is 9.70. The van der Waals surface area contributed by atoms with Crippen molar-refractivity contribution in [3.63, 3.8) is 0 Å². The van der Waals surface area contributed by atoms with Crippen LogP contribution in [0.3, 0.4) is 0 Å². The molecule has 0 unspecified atom stereocenters. The fourth-order valence-electron chi connectivity index (χ4n) is 2.53. The largest absolute Gasteiger partial charge is 0.341 e. The number of nitrogens with zero attached hydrogens (tertiary/aromatic N) is 2. The summed E-state index contributed by atoms with van der Waals surface area (Å²) in [6, 6.07) is 6.86. The monoisotopic (exact) mass is 279 g/mol. The maximum atomic E-state index is 13.6. The summed E-state index contributed by atoms with van der Waals surface area (Å²) < 4.78 is 13.6. The Kier molecular flexibility index (Phi) is 5.49. The molecular formula is C15H22FN3O. The molecule has 5 heteroatoms. The number of halogens is 1. The van der Waals surface area contributed by atoms with Crippen LogP contribution in [0.5, 0.6) is 0 Å². The van der Waals surface area contributed by atoms with E-state index in [4.69, 9.17) is 5.73 Å². The molecule has 1 aliphatic heterocycles. The fraction of sp³-hybridized carbons (Fsp3) is 0.533. The average Bonchev–Trinajstić information content (AvgIpc) is 2.67. The van der Waals surface area contributed by atoms with Crippen LogP contribution in [0, 0.1) is 5.82 Å². The zero-order chi connectivity index (χ0) is 14.4. The first-order valence-corrected chi connectivity index (χ1v) is 7.14. The van der Waals surface area contributed by atoms with Crippen LogP contribution in [0.4, 0.5) is 4.39 Å². The lowest BCUT2D eigenvalue weighted by atomic mass is 10.2. The molecule has 1 fully saturated rings. The third-order valence-corrected chi connectivity index (χ3v) is 3.65. The van der Waals surface area contributed by atoms with Crippen molar-refractivity contribution in [2.24, 2.45) is 5.73 Å². The maximum Gasteiger partial charge on any atom is 0.223 e. The summed E-state index contributed by atoms with van der Waals surface area (Å²) in [5.74, 6) is -0.0342. The third kappa shape index (κ3) is 4.02. The Labute approximate surface area is 119 Å². The van der Waals surface area contributed by atoms with Gasteiger partial charge in [-0.05, 0) is 12.5 Å². The molecule has 0 spiro atoms. The van der Waals surface area contributed by atoms with Crippen molar-refractivity contribution < 1.29 is 9.18 Å². The summed E-state index contributed by atoms with van der Waals surface area (Å²) in [6.45, 7) is 4.14. The zero-order valence-corrected chi connectivity index (χ0v) is 11.7. The van der Waals surface area contributed by atoms with E-state index >= 15 is 0 Å². The quantitative estimate of drug-likeness (QED) is 0.901. The molecule has 4 nitrogen and oxygen atoms in total. The van der Waals surface area contributed by atoms with Crippen molar-refractivity contribution in [3.8, 4) is 0 Å². The molecule has 20 heavy (non-hydrogen) atoms. The van der Waals surface area contributed by atoms with Crippen molar-refractivity contribution in [1.29, 1.82) is 0 Å². The van der Waals surface area contributed by atoms with Crippen LogP contribution in [0.25, 0.3) is 0 Å². The van der Waals surface area contributed by atoms with Gasteiger partial charge in [0.15, 0.2) is 0 Å². The molecular weight excluding hydrogens is 257 g/mol. The van der Waals surface area contributed by atoms with Gasteiger partial charge in [0.1, 0.15) is 5.82 Å². The molecule has 110 valence electrons. The number of benzene rings is 1. The summed E-state index contributed by atoms with van der Waals surface area (Å²) in [6.07, 6.45) is 1.33. The standard InChI is InChI=1S/C15H22FN3O/c16-14-5-2-1-4-13(14)12-18-8-3-9-19(11-10-18)15(20)6-7-17/h1-2,4-5H,3,6-12,17H2. The normalized spacial score (nSPS) is 17.0. The van der Waals surface area contributed by atoms with Gasteiger partial charge in [-0.15, -0.1) is 0 Å². The molecule has 0 aromatic heterocycles. The summed E-state index contributed by atoms with van der Waals surface area (Å²) >= 11 is 0. The lowest BCUT2D eigenvalue weighted by Crippen LogP contribution is -2.36. The topological polar surface area (TPSA) is 49.6 Å². The first-order valence-electron chi connectivity index (χ1n) is 7.14. The minimum absolute atomic E-state index is 0.125. The number of nitrogens with two attached hydrogens (primary N) is 1. The maximum absolute atomic E-state index is 13.6. The van der Waals surface area contributed by atoms with Gasteiger partial charge in [0.25, 0.3) is 0 Å². The number of hydrogen-bond donors (Lipinski definition) is 1. The van der Waals surface area contributed by atoms with Gasteiger partial charge in [0, 0.05) is 51.3 Å². The third-order valence-electron chi connectivity index (χ3n) is 3.65. The van der Waals surface area contributed by atoms with Gasteiger partial charge >= 0.3 is 0 Å². The zero-order valence-electron chi connectivity index (χ0n) is 11.7. The SMILES string of the molecule is NCCC(=O)N1CCCN(Cc2ccccc2F)CC1. The summed E-state index contributed by atoms with van der Waals surface area (Å²) in [7, 11) is 0. The van der Waals surface area contributed by atoms with Gasteiger partial charge in [-0.25, -0.2) is 4.39 Å². The van der Waals surface area contributed by atoms with Crippen molar-refractivity contribution in [3.05, 3.63) is 35.6 Å². The van der Waals surface area contributed by atoms with Crippen LogP contribution in [0.1, 0.15) is 18.4 Å². The van der Waals surface area contributed by atoms with Crippen molar-refractivity contribution >= 4 is 5.91 Å². The van der Waals surface area contributed by atoms with Crippen molar-refractivity contribution in [1.82, 2.24) is 9.80 Å². The Bertz CT molecular complexity index is 452. The van der Waals surface area contributed by atoms with Crippen LogP contribution in [-0.2, 0) is 11.3 Å². The summed E-state index contributed by atoms with van der Waals surface area (Å²) in [5, 5.41) is 0. The van der Waals surface area contributed by atoms with E-state index in [1.165, 1.54) is 6.07 Å². The molecule has 1 heterocycles. The molecule has 0 atom stereocenters. The first kappa shape index (κ1) is 14.9. The lowest BCUT2D eigenvalue weighted by molar-refractivity contribution is -0.130. The highest BCUT2D eigenvalue weighted by Gasteiger charge is 2.19. The van der Waals surface area contributed by atoms with E-state index < -0.39 is 0 Å². The number of hydrogen-bond acceptors (Lipinski definition) is 3. The number of carbonyl (C=O) groups excluding carboxylic acids is 1. The van der Waals surface area contributed by atoms with E-state index in [1.54, 1.807) is 6.07 Å². The van der Waals surface area contributed by atoms with E-state index in [0.717, 1.165) is 26.1 Å². The molecule has 1 amide bonds. The number of carbonyl (C=O) groups is 1. The molecule has 0 aliphatic carbocycles. The predicted octanol–water partition coefficient (Wildman–Crippen LogP) is 1.21. The Morgan fingerprint density at radius 3 is 2.75 bits per heavy atom. The molecule has 0 radical (unpaired) electrons. The summed E-state index contributed by atoms with van der Waals surface area (Å²) in [5.41, 5.74) is 6.14. The number of amides is 1. The molecule has 1 aliphatic rings. The summed E-state index contributed by atoms with van der Waals surface area (Å²) in [4.78, 5) is 15.9. The Morgan fingerprint density at radius 1 is 1.20 bits per heavy atom. The molecule has 1 aromatic carbocycles. The van der Waals surface area contributed by atoms with Crippen molar-refractivity contribution in [2.75, 3.05) is 32.7 Å².